The maximum absolute atomic E-state index is 5.86. The lowest BCUT2D eigenvalue weighted by Crippen LogP contribution is -2.31. The Morgan fingerprint density at radius 2 is 1.75 bits per heavy atom. The third-order valence-electron chi connectivity index (χ3n) is 4.77. The Hall–Kier alpha value is -1.84. The molecule has 128 valence electrons. The van der Waals surface area contributed by atoms with Crippen LogP contribution in [0.25, 0.3) is 0 Å². The molecule has 1 N–H and O–H groups in total. The van der Waals surface area contributed by atoms with E-state index < -0.39 is 0 Å². The summed E-state index contributed by atoms with van der Waals surface area (Å²) in [6, 6.07) is 19.5. The van der Waals surface area contributed by atoms with E-state index in [0.717, 1.165) is 25.4 Å². The van der Waals surface area contributed by atoms with Crippen LogP contribution in [0.3, 0.4) is 0 Å². The number of nitrogens with one attached hydrogen (secondary N) is 1. The molecule has 1 unspecified atom stereocenters. The van der Waals surface area contributed by atoms with Crippen LogP contribution >= 0.6 is 0 Å². The van der Waals surface area contributed by atoms with Gasteiger partial charge in [-0.05, 0) is 62.7 Å². The SMILES string of the molecule is CN(Cc1ccc(OCc2ccccc2)cc1)C1CCCNCC1. The molecule has 3 rings (SSSR count). The number of rotatable bonds is 6. The fourth-order valence-electron chi connectivity index (χ4n) is 3.29. The van der Waals surface area contributed by atoms with Crippen molar-refractivity contribution < 1.29 is 4.74 Å². The van der Waals surface area contributed by atoms with E-state index >= 15 is 0 Å². The minimum Gasteiger partial charge on any atom is -0.489 e. The number of hydrogen-bond donors (Lipinski definition) is 1. The van der Waals surface area contributed by atoms with Crippen LogP contribution in [-0.2, 0) is 13.2 Å². The fraction of sp³-hybridized carbons (Fsp3) is 0.429. The summed E-state index contributed by atoms with van der Waals surface area (Å²) >= 11 is 0. The van der Waals surface area contributed by atoms with Gasteiger partial charge in [0.05, 0.1) is 0 Å². The van der Waals surface area contributed by atoms with Gasteiger partial charge >= 0.3 is 0 Å². The molecule has 1 fully saturated rings. The summed E-state index contributed by atoms with van der Waals surface area (Å²) < 4.78 is 5.86. The lowest BCUT2D eigenvalue weighted by molar-refractivity contribution is 0.216. The van der Waals surface area contributed by atoms with E-state index in [4.69, 9.17) is 4.74 Å². The topological polar surface area (TPSA) is 24.5 Å². The predicted molar refractivity (Wildman–Crippen MR) is 99.2 cm³/mol. The monoisotopic (exact) mass is 324 g/mol. The van der Waals surface area contributed by atoms with Gasteiger partial charge < -0.3 is 10.1 Å². The van der Waals surface area contributed by atoms with Gasteiger partial charge in [0, 0.05) is 12.6 Å². The maximum Gasteiger partial charge on any atom is 0.119 e. The Bertz CT molecular complexity index is 589. The first-order valence-electron chi connectivity index (χ1n) is 8.98. The van der Waals surface area contributed by atoms with Crippen LogP contribution in [0.4, 0.5) is 0 Å². The number of benzene rings is 2. The third kappa shape index (κ3) is 5.08. The quantitative estimate of drug-likeness (QED) is 0.874. The molecule has 0 aliphatic carbocycles. The molecular weight excluding hydrogens is 296 g/mol. The van der Waals surface area contributed by atoms with Crippen LogP contribution in [0.1, 0.15) is 30.4 Å². The number of hydrogen-bond acceptors (Lipinski definition) is 3. The molecule has 24 heavy (non-hydrogen) atoms. The van der Waals surface area contributed by atoms with E-state index in [1.165, 1.54) is 30.4 Å². The molecule has 0 spiro atoms. The molecule has 0 saturated carbocycles. The first-order valence-corrected chi connectivity index (χ1v) is 8.98. The van der Waals surface area contributed by atoms with Gasteiger partial charge in [0.2, 0.25) is 0 Å². The van der Waals surface area contributed by atoms with Crippen LogP contribution in [0, 0.1) is 0 Å². The number of nitrogens with zero attached hydrogens (tertiary/aromatic N) is 1. The minimum atomic E-state index is 0.620. The Morgan fingerprint density at radius 3 is 2.54 bits per heavy atom. The van der Waals surface area contributed by atoms with E-state index in [0.29, 0.717) is 12.6 Å². The molecule has 3 nitrogen and oxygen atoms in total. The van der Waals surface area contributed by atoms with Gasteiger partial charge in [-0.15, -0.1) is 0 Å². The highest BCUT2D eigenvalue weighted by molar-refractivity contribution is 5.27. The molecule has 3 heteroatoms. The highest BCUT2D eigenvalue weighted by Gasteiger charge is 2.16. The highest BCUT2D eigenvalue weighted by atomic mass is 16.5. The van der Waals surface area contributed by atoms with Crippen molar-refractivity contribution in [3.05, 3.63) is 65.7 Å². The van der Waals surface area contributed by atoms with Crippen LogP contribution in [-0.4, -0.2) is 31.1 Å². The van der Waals surface area contributed by atoms with Gasteiger partial charge in [-0.3, -0.25) is 4.90 Å². The summed E-state index contributed by atoms with van der Waals surface area (Å²) in [4.78, 5) is 2.49. The van der Waals surface area contributed by atoms with Crippen molar-refractivity contribution in [1.82, 2.24) is 10.2 Å². The second-order valence-corrected chi connectivity index (χ2v) is 6.67. The summed E-state index contributed by atoms with van der Waals surface area (Å²) in [7, 11) is 2.25. The maximum atomic E-state index is 5.86. The normalized spacial score (nSPS) is 18.3. The van der Waals surface area contributed by atoms with Crippen molar-refractivity contribution in [2.75, 3.05) is 20.1 Å². The lowest BCUT2D eigenvalue weighted by atomic mass is 10.1. The summed E-state index contributed by atoms with van der Waals surface area (Å²) in [6.07, 6.45) is 3.82. The Balaban J connectivity index is 1.50. The molecule has 1 atom stereocenters. The summed E-state index contributed by atoms with van der Waals surface area (Å²) in [5.74, 6) is 0.934. The third-order valence-corrected chi connectivity index (χ3v) is 4.77. The minimum absolute atomic E-state index is 0.620. The summed E-state index contributed by atoms with van der Waals surface area (Å²) in [6.45, 7) is 3.93. The molecular formula is C21H28N2O. The largest absolute Gasteiger partial charge is 0.489 e. The Kier molecular flexibility index (Phi) is 6.27. The first-order chi connectivity index (χ1) is 11.8. The fourth-order valence-corrected chi connectivity index (χ4v) is 3.29. The Labute approximate surface area is 145 Å². The molecule has 1 aliphatic rings. The van der Waals surface area contributed by atoms with Gasteiger partial charge in [0.1, 0.15) is 12.4 Å². The molecule has 0 bridgehead atoms. The molecule has 1 aliphatic heterocycles. The van der Waals surface area contributed by atoms with Crippen LogP contribution in [0.15, 0.2) is 54.6 Å². The van der Waals surface area contributed by atoms with Gasteiger partial charge in [-0.2, -0.15) is 0 Å². The van der Waals surface area contributed by atoms with E-state index in [2.05, 4.69) is 53.7 Å². The average molecular weight is 324 g/mol. The zero-order chi connectivity index (χ0) is 16.6. The first kappa shape index (κ1) is 17.0. The zero-order valence-electron chi connectivity index (χ0n) is 14.6. The summed E-state index contributed by atoms with van der Waals surface area (Å²) in [5.41, 5.74) is 2.55. The van der Waals surface area contributed by atoms with Crippen LogP contribution in [0.5, 0.6) is 5.75 Å². The summed E-state index contributed by atoms with van der Waals surface area (Å²) in [5, 5.41) is 3.49. The van der Waals surface area contributed by atoms with Crippen molar-refractivity contribution in [1.29, 1.82) is 0 Å². The van der Waals surface area contributed by atoms with E-state index in [-0.39, 0.29) is 0 Å². The standard InChI is InChI=1S/C21H28N2O/c1-23(20-8-5-14-22-15-13-20)16-18-9-11-21(12-10-18)24-17-19-6-3-2-4-7-19/h2-4,6-7,9-12,20,22H,5,8,13-17H2,1H3. The van der Waals surface area contributed by atoms with Gasteiger partial charge in [0.15, 0.2) is 0 Å². The van der Waals surface area contributed by atoms with Gasteiger partial charge in [0.25, 0.3) is 0 Å². The molecule has 1 saturated heterocycles. The van der Waals surface area contributed by atoms with E-state index in [9.17, 15) is 0 Å². The van der Waals surface area contributed by atoms with Crippen molar-refractivity contribution in [2.24, 2.45) is 0 Å². The molecule has 0 aromatic heterocycles. The van der Waals surface area contributed by atoms with Crippen LogP contribution in [0.2, 0.25) is 0 Å². The van der Waals surface area contributed by atoms with Crippen molar-refractivity contribution >= 4 is 0 Å². The lowest BCUT2D eigenvalue weighted by Gasteiger charge is -2.26. The molecule has 1 heterocycles. The molecule has 0 radical (unpaired) electrons. The zero-order valence-corrected chi connectivity index (χ0v) is 14.6. The highest BCUT2D eigenvalue weighted by Crippen LogP contribution is 2.18. The van der Waals surface area contributed by atoms with E-state index in [1.54, 1.807) is 0 Å². The van der Waals surface area contributed by atoms with Crippen LogP contribution < -0.4 is 10.1 Å². The van der Waals surface area contributed by atoms with Gasteiger partial charge in [-0.25, -0.2) is 0 Å². The molecule has 2 aromatic carbocycles. The smallest absolute Gasteiger partial charge is 0.119 e. The van der Waals surface area contributed by atoms with Crippen molar-refractivity contribution in [3.8, 4) is 5.75 Å². The molecule has 2 aromatic rings. The Morgan fingerprint density at radius 1 is 0.958 bits per heavy atom. The number of ether oxygens (including phenoxy) is 1. The predicted octanol–water partition coefficient (Wildman–Crippen LogP) is 3.84. The molecule has 0 amide bonds. The van der Waals surface area contributed by atoms with E-state index in [1.807, 2.05) is 18.2 Å². The second kappa shape index (κ2) is 8.86. The van der Waals surface area contributed by atoms with Gasteiger partial charge in [-0.1, -0.05) is 42.5 Å². The second-order valence-electron chi connectivity index (χ2n) is 6.67. The van der Waals surface area contributed by atoms with Crippen molar-refractivity contribution in [2.45, 2.75) is 38.5 Å². The van der Waals surface area contributed by atoms with Crippen molar-refractivity contribution in [3.63, 3.8) is 0 Å². The average Bonchev–Trinajstić information content (AvgIpc) is 2.91.